The Balaban J connectivity index is 1.74. The minimum absolute atomic E-state index is 0.235. The molecule has 0 aliphatic heterocycles. The molecule has 2 aromatic rings. The minimum atomic E-state index is -0.235. The Bertz CT molecular complexity index is 627. The highest BCUT2D eigenvalue weighted by Crippen LogP contribution is 2.23. The summed E-state index contributed by atoms with van der Waals surface area (Å²) in [5, 5.41) is 0. The first kappa shape index (κ1) is 16.9. The number of para-hydroxylation sites is 1. The molecule has 0 saturated heterocycles. The molecule has 0 aliphatic carbocycles. The summed E-state index contributed by atoms with van der Waals surface area (Å²) in [6, 6.07) is 13.2. The molecule has 0 heterocycles. The van der Waals surface area contributed by atoms with Gasteiger partial charge in [-0.3, -0.25) is 4.79 Å². The quantitative estimate of drug-likeness (QED) is 0.439. The van der Waals surface area contributed by atoms with Crippen LogP contribution in [0.5, 0.6) is 17.2 Å². The highest BCUT2D eigenvalue weighted by atomic mass is 16.5. The van der Waals surface area contributed by atoms with Crippen molar-refractivity contribution in [2.24, 2.45) is 0 Å². The lowest BCUT2D eigenvalue weighted by Gasteiger charge is -2.10. The molecular weight excluding hydrogens is 292 g/mol. The molecule has 0 spiro atoms. The summed E-state index contributed by atoms with van der Waals surface area (Å²) in [4.78, 5) is 11.9. The third-order valence-corrected chi connectivity index (χ3v) is 3.48. The molecule has 0 N–H and O–H groups in total. The van der Waals surface area contributed by atoms with Gasteiger partial charge in [-0.25, -0.2) is 0 Å². The number of benzene rings is 2. The molecular formula is C19H22O4. The number of carbonyl (C=O) groups excluding carboxylic acids is 1. The molecule has 23 heavy (non-hydrogen) atoms. The normalized spacial score (nSPS) is 10.2. The van der Waals surface area contributed by atoms with Gasteiger partial charge in [-0.15, -0.1) is 0 Å². The fourth-order valence-corrected chi connectivity index (χ4v) is 2.20. The van der Waals surface area contributed by atoms with Gasteiger partial charge in [0.2, 0.25) is 0 Å². The first-order chi connectivity index (χ1) is 11.1. The van der Waals surface area contributed by atoms with Crippen LogP contribution in [0.2, 0.25) is 0 Å². The number of methoxy groups -OCH3 is 1. The van der Waals surface area contributed by atoms with E-state index >= 15 is 0 Å². The molecule has 0 saturated carbocycles. The molecule has 0 fully saturated rings. The Morgan fingerprint density at radius 2 is 1.57 bits per heavy atom. The van der Waals surface area contributed by atoms with E-state index in [-0.39, 0.29) is 5.97 Å². The van der Waals surface area contributed by atoms with E-state index in [0.29, 0.717) is 25.2 Å². The maximum atomic E-state index is 11.9. The summed E-state index contributed by atoms with van der Waals surface area (Å²) >= 11 is 0. The van der Waals surface area contributed by atoms with E-state index in [1.807, 2.05) is 56.3 Å². The number of hydrogen-bond acceptors (Lipinski definition) is 4. The van der Waals surface area contributed by atoms with Crippen LogP contribution in [-0.4, -0.2) is 19.7 Å². The lowest BCUT2D eigenvalue weighted by molar-refractivity contribution is -0.134. The van der Waals surface area contributed by atoms with Crippen LogP contribution in [0.3, 0.4) is 0 Å². The number of carbonyl (C=O) groups is 1. The fourth-order valence-electron chi connectivity index (χ4n) is 2.20. The molecule has 2 rings (SSSR count). The third-order valence-electron chi connectivity index (χ3n) is 3.48. The van der Waals surface area contributed by atoms with Crippen molar-refractivity contribution < 1.29 is 19.0 Å². The molecule has 0 unspecified atom stereocenters. The van der Waals surface area contributed by atoms with Gasteiger partial charge in [0.05, 0.1) is 13.7 Å². The van der Waals surface area contributed by atoms with Gasteiger partial charge >= 0.3 is 5.97 Å². The average molecular weight is 314 g/mol. The number of hydrogen-bond donors (Lipinski definition) is 0. The Hall–Kier alpha value is -2.49. The molecule has 4 nitrogen and oxygen atoms in total. The zero-order valence-electron chi connectivity index (χ0n) is 13.8. The van der Waals surface area contributed by atoms with Crippen molar-refractivity contribution in [2.45, 2.75) is 26.7 Å². The van der Waals surface area contributed by atoms with E-state index in [1.54, 1.807) is 7.11 Å². The van der Waals surface area contributed by atoms with Gasteiger partial charge in [0.15, 0.2) is 0 Å². The molecule has 0 amide bonds. The SMILES string of the molecule is COc1ccc(OCCCC(=O)Oc2c(C)cccc2C)cc1. The van der Waals surface area contributed by atoms with E-state index in [1.165, 1.54) is 0 Å². The predicted octanol–water partition coefficient (Wildman–Crippen LogP) is 4.08. The molecule has 0 bridgehead atoms. The first-order valence-corrected chi connectivity index (χ1v) is 7.64. The van der Waals surface area contributed by atoms with Crippen molar-refractivity contribution in [3.05, 3.63) is 53.6 Å². The summed E-state index contributed by atoms with van der Waals surface area (Å²) in [6.45, 7) is 4.33. The lowest BCUT2D eigenvalue weighted by Crippen LogP contribution is -2.11. The Morgan fingerprint density at radius 1 is 0.957 bits per heavy atom. The van der Waals surface area contributed by atoms with E-state index in [2.05, 4.69) is 0 Å². The summed E-state index contributed by atoms with van der Waals surface area (Å²) in [6.07, 6.45) is 0.930. The fraction of sp³-hybridized carbons (Fsp3) is 0.316. The van der Waals surface area contributed by atoms with Crippen molar-refractivity contribution >= 4 is 5.97 Å². The van der Waals surface area contributed by atoms with Gasteiger partial charge in [0, 0.05) is 6.42 Å². The minimum Gasteiger partial charge on any atom is -0.497 e. The van der Waals surface area contributed by atoms with Gasteiger partial charge < -0.3 is 14.2 Å². The van der Waals surface area contributed by atoms with Crippen molar-refractivity contribution in [3.63, 3.8) is 0 Å². The summed E-state index contributed by atoms with van der Waals surface area (Å²) in [7, 11) is 1.62. The molecule has 0 atom stereocenters. The van der Waals surface area contributed by atoms with Crippen molar-refractivity contribution in [1.82, 2.24) is 0 Å². The van der Waals surface area contributed by atoms with Gasteiger partial charge in [-0.2, -0.15) is 0 Å². The lowest BCUT2D eigenvalue weighted by atomic mass is 10.1. The highest BCUT2D eigenvalue weighted by molar-refractivity contribution is 5.73. The van der Waals surface area contributed by atoms with Crippen LogP contribution in [0.25, 0.3) is 0 Å². The van der Waals surface area contributed by atoms with E-state index in [0.717, 1.165) is 22.6 Å². The Kier molecular flexibility index (Phi) is 6.03. The van der Waals surface area contributed by atoms with Crippen LogP contribution >= 0.6 is 0 Å². The first-order valence-electron chi connectivity index (χ1n) is 7.64. The van der Waals surface area contributed by atoms with Crippen molar-refractivity contribution in [1.29, 1.82) is 0 Å². The van der Waals surface area contributed by atoms with Crippen LogP contribution in [0, 0.1) is 13.8 Å². The Morgan fingerprint density at radius 3 is 2.17 bits per heavy atom. The van der Waals surface area contributed by atoms with Crippen LogP contribution < -0.4 is 14.2 Å². The predicted molar refractivity (Wildman–Crippen MR) is 89.3 cm³/mol. The molecule has 122 valence electrons. The number of aryl methyl sites for hydroxylation is 2. The van der Waals surface area contributed by atoms with E-state index in [9.17, 15) is 4.79 Å². The van der Waals surface area contributed by atoms with Crippen molar-refractivity contribution in [2.75, 3.05) is 13.7 Å². The standard InChI is InChI=1S/C19H22O4/c1-14-6-4-7-15(2)19(14)23-18(20)8-5-13-22-17-11-9-16(21-3)10-12-17/h4,6-7,9-12H,5,8,13H2,1-3H3. The summed E-state index contributed by atoms with van der Waals surface area (Å²) in [5.74, 6) is 1.97. The second-order valence-electron chi connectivity index (χ2n) is 5.32. The van der Waals surface area contributed by atoms with Crippen LogP contribution in [0.15, 0.2) is 42.5 Å². The molecule has 4 heteroatoms. The largest absolute Gasteiger partial charge is 0.497 e. The Labute approximate surface area is 137 Å². The van der Waals surface area contributed by atoms with Crippen LogP contribution in [0.1, 0.15) is 24.0 Å². The van der Waals surface area contributed by atoms with Crippen LogP contribution in [0.4, 0.5) is 0 Å². The average Bonchev–Trinajstić information content (AvgIpc) is 2.56. The summed E-state index contributed by atoms with van der Waals surface area (Å²) in [5.41, 5.74) is 1.93. The number of rotatable bonds is 7. The zero-order chi connectivity index (χ0) is 16.7. The second-order valence-corrected chi connectivity index (χ2v) is 5.32. The molecule has 0 aliphatic rings. The van der Waals surface area contributed by atoms with Gasteiger partial charge in [-0.05, 0) is 55.7 Å². The second kappa shape index (κ2) is 8.22. The zero-order valence-corrected chi connectivity index (χ0v) is 13.8. The molecule has 0 radical (unpaired) electrons. The van der Waals surface area contributed by atoms with E-state index < -0.39 is 0 Å². The maximum absolute atomic E-state index is 11.9. The molecule has 0 aromatic heterocycles. The van der Waals surface area contributed by atoms with Crippen molar-refractivity contribution in [3.8, 4) is 17.2 Å². The maximum Gasteiger partial charge on any atom is 0.311 e. The smallest absolute Gasteiger partial charge is 0.311 e. The van der Waals surface area contributed by atoms with Crippen LogP contribution in [-0.2, 0) is 4.79 Å². The van der Waals surface area contributed by atoms with Gasteiger partial charge in [-0.1, -0.05) is 18.2 Å². The van der Waals surface area contributed by atoms with Gasteiger partial charge in [0.1, 0.15) is 17.2 Å². The molecule has 2 aromatic carbocycles. The number of esters is 1. The third kappa shape index (κ3) is 5.02. The topological polar surface area (TPSA) is 44.8 Å². The highest BCUT2D eigenvalue weighted by Gasteiger charge is 2.09. The monoisotopic (exact) mass is 314 g/mol. The van der Waals surface area contributed by atoms with Gasteiger partial charge in [0.25, 0.3) is 0 Å². The number of ether oxygens (including phenoxy) is 3. The summed E-state index contributed by atoms with van der Waals surface area (Å²) < 4.78 is 16.1. The van der Waals surface area contributed by atoms with E-state index in [4.69, 9.17) is 14.2 Å².